The number of ether oxygens (including phenoxy) is 2. The van der Waals surface area contributed by atoms with E-state index in [1.165, 1.54) is 26.0 Å². The Bertz CT molecular complexity index is 576. The molecular weight excluding hydrogens is 374 g/mol. The summed E-state index contributed by atoms with van der Waals surface area (Å²) in [5.41, 5.74) is -0.926. The third-order valence-corrected chi connectivity index (χ3v) is 5.46. The molecule has 22 heavy (non-hydrogen) atoms. The molecule has 1 heterocycles. The summed E-state index contributed by atoms with van der Waals surface area (Å²) < 4.78 is 11.0. The van der Waals surface area contributed by atoms with Gasteiger partial charge in [-0.3, -0.25) is 4.79 Å². The molecule has 120 valence electrons. The first-order valence-electron chi connectivity index (χ1n) is 6.48. The molecule has 0 aromatic heterocycles. The fourth-order valence-electron chi connectivity index (χ4n) is 2.18. The maximum absolute atomic E-state index is 12.4. The average Bonchev–Trinajstić information content (AvgIpc) is 2.97. The predicted molar refractivity (Wildman–Crippen MR) is 87.0 cm³/mol. The number of methoxy groups -OCH3 is 2. The van der Waals surface area contributed by atoms with Crippen LogP contribution in [-0.2, 0) is 4.79 Å². The summed E-state index contributed by atoms with van der Waals surface area (Å²) in [6.45, 7) is 0. The average molecular weight is 390 g/mol. The van der Waals surface area contributed by atoms with Gasteiger partial charge in [-0.2, -0.15) is 11.8 Å². The van der Waals surface area contributed by atoms with Crippen LogP contribution in [0.3, 0.4) is 0 Å². The number of halogens is 1. The number of amides is 1. The second-order valence-electron chi connectivity index (χ2n) is 4.84. The lowest BCUT2D eigenvalue weighted by Gasteiger charge is -2.24. The second-order valence-corrected chi connectivity index (χ2v) is 6.74. The Labute approximate surface area is 140 Å². The highest BCUT2D eigenvalue weighted by Gasteiger charge is 2.43. The Morgan fingerprint density at radius 3 is 2.32 bits per heavy atom. The minimum atomic E-state index is -1.21. The van der Waals surface area contributed by atoms with E-state index < -0.39 is 17.4 Å². The van der Waals surface area contributed by atoms with Gasteiger partial charge in [0.15, 0.2) is 0 Å². The van der Waals surface area contributed by atoms with Gasteiger partial charge in [0.25, 0.3) is 5.91 Å². The van der Waals surface area contributed by atoms with Crippen molar-refractivity contribution >= 4 is 39.6 Å². The van der Waals surface area contributed by atoms with Crippen LogP contribution >= 0.6 is 27.7 Å². The number of carboxylic acids is 1. The summed E-state index contributed by atoms with van der Waals surface area (Å²) in [5, 5.41) is 12.1. The highest BCUT2D eigenvalue weighted by atomic mass is 79.9. The zero-order chi connectivity index (χ0) is 16.3. The lowest BCUT2D eigenvalue weighted by atomic mass is 9.98. The molecule has 1 amide bonds. The molecule has 6 nitrogen and oxygen atoms in total. The zero-order valence-corrected chi connectivity index (χ0v) is 14.5. The van der Waals surface area contributed by atoms with Crippen molar-refractivity contribution in [3.8, 4) is 11.5 Å². The van der Waals surface area contributed by atoms with Crippen LogP contribution in [0.5, 0.6) is 11.5 Å². The molecule has 0 saturated carbocycles. The van der Waals surface area contributed by atoms with E-state index >= 15 is 0 Å². The minimum Gasteiger partial charge on any atom is -0.495 e. The number of carboxylic acid groups (broad SMARTS) is 1. The molecule has 2 N–H and O–H groups in total. The third kappa shape index (κ3) is 3.17. The van der Waals surface area contributed by atoms with Gasteiger partial charge in [0.05, 0.1) is 14.2 Å². The van der Waals surface area contributed by atoms with Crippen molar-refractivity contribution < 1.29 is 24.2 Å². The van der Waals surface area contributed by atoms with E-state index in [1.54, 1.807) is 12.1 Å². The molecule has 0 aliphatic carbocycles. The maximum Gasteiger partial charge on any atom is 0.330 e. The van der Waals surface area contributed by atoms with Gasteiger partial charge in [-0.05, 0) is 40.2 Å². The summed E-state index contributed by atoms with van der Waals surface area (Å²) in [6, 6.07) is 3.08. The molecule has 0 bridgehead atoms. The first-order chi connectivity index (χ1) is 10.4. The van der Waals surface area contributed by atoms with Crippen LogP contribution in [-0.4, -0.2) is 48.2 Å². The van der Waals surface area contributed by atoms with E-state index in [-0.39, 0.29) is 5.56 Å². The van der Waals surface area contributed by atoms with Gasteiger partial charge in [0, 0.05) is 11.3 Å². The predicted octanol–water partition coefficient (Wildman–Crippen LogP) is 2.16. The van der Waals surface area contributed by atoms with Gasteiger partial charge in [0.2, 0.25) is 0 Å². The monoisotopic (exact) mass is 389 g/mol. The molecule has 0 radical (unpaired) electrons. The van der Waals surface area contributed by atoms with Crippen molar-refractivity contribution in [2.24, 2.45) is 0 Å². The van der Waals surface area contributed by atoms with E-state index in [4.69, 9.17) is 9.47 Å². The number of rotatable bonds is 5. The van der Waals surface area contributed by atoms with Crippen LogP contribution in [0.25, 0.3) is 0 Å². The van der Waals surface area contributed by atoms with Crippen LogP contribution in [0.4, 0.5) is 0 Å². The number of aliphatic carboxylic acids is 1. The fraction of sp³-hybridized carbons (Fsp3) is 0.429. The van der Waals surface area contributed by atoms with Gasteiger partial charge in [-0.15, -0.1) is 0 Å². The number of thioether (sulfide) groups is 1. The van der Waals surface area contributed by atoms with Gasteiger partial charge < -0.3 is 19.9 Å². The molecule has 0 spiro atoms. The van der Waals surface area contributed by atoms with Gasteiger partial charge in [-0.25, -0.2) is 4.79 Å². The lowest BCUT2D eigenvalue weighted by Crippen LogP contribution is -2.54. The number of carbonyl (C=O) groups is 2. The van der Waals surface area contributed by atoms with E-state index in [0.717, 1.165) is 0 Å². The van der Waals surface area contributed by atoms with Crippen molar-refractivity contribution in [1.82, 2.24) is 5.32 Å². The van der Waals surface area contributed by atoms with Crippen LogP contribution in [0, 0.1) is 0 Å². The highest BCUT2D eigenvalue weighted by molar-refractivity contribution is 9.10. The number of hydrogen-bond acceptors (Lipinski definition) is 5. The van der Waals surface area contributed by atoms with Crippen molar-refractivity contribution in [3.05, 3.63) is 22.2 Å². The van der Waals surface area contributed by atoms with Crippen molar-refractivity contribution in [2.75, 3.05) is 25.7 Å². The van der Waals surface area contributed by atoms with Crippen molar-refractivity contribution in [1.29, 1.82) is 0 Å². The smallest absolute Gasteiger partial charge is 0.330 e. The topological polar surface area (TPSA) is 84.9 Å². The Balaban J connectivity index is 2.31. The standard InChI is InChI=1S/C14H16BrNO5S/c1-20-9-5-8(6-10(21-2)11(9)15)12(17)16-14(13(18)19)3-4-22-7-14/h5-6H,3-4,7H2,1-2H3,(H,16,17)(H,18,19). The van der Waals surface area contributed by atoms with E-state index in [0.29, 0.717) is 33.9 Å². The summed E-state index contributed by atoms with van der Waals surface area (Å²) in [6.07, 6.45) is 0.406. The zero-order valence-electron chi connectivity index (χ0n) is 12.1. The molecule has 1 aromatic rings. The lowest BCUT2D eigenvalue weighted by molar-refractivity contribution is -0.143. The summed E-state index contributed by atoms with van der Waals surface area (Å²) in [4.78, 5) is 24.0. The normalized spacial score (nSPS) is 20.5. The van der Waals surface area contributed by atoms with Gasteiger partial charge >= 0.3 is 5.97 Å². The van der Waals surface area contributed by atoms with E-state index in [9.17, 15) is 14.7 Å². The molecule has 1 aromatic carbocycles. The quantitative estimate of drug-likeness (QED) is 0.802. The Morgan fingerprint density at radius 2 is 1.91 bits per heavy atom. The first kappa shape index (κ1) is 17.0. The molecule has 8 heteroatoms. The van der Waals surface area contributed by atoms with E-state index in [2.05, 4.69) is 21.2 Å². The molecule has 1 aliphatic heterocycles. The second kappa shape index (κ2) is 6.78. The molecule has 1 unspecified atom stereocenters. The largest absolute Gasteiger partial charge is 0.495 e. The summed E-state index contributed by atoms with van der Waals surface area (Å²) in [7, 11) is 2.96. The molecule has 1 aliphatic rings. The summed E-state index contributed by atoms with van der Waals surface area (Å²) >= 11 is 4.84. The first-order valence-corrected chi connectivity index (χ1v) is 8.43. The molecule has 1 fully saturated rings. The minimum absolute atomic E-state index is 0.287. The number of benzene rings is 1. The van der Waals surface area contributed by atoms with Gasteiger partial charge in [-0.1, -0.05) is 0 Å². The highest BCUT2D eigenvalue weighted by Crippen LogP contribution is 2.36. The van der Waals surface area contributed by atoms with Crippen LogP contribution in [0.15, 0.2) is 16.6 Å². The number of hydrogen-bond donors (Lipinski definition) is 2. The molecule has 1 atom stereocenters. The van der Waals surface area contributed by atoms with Crippen LogP contribution < -0.4 is 14.8 Å². The maximum atomic E-state index is 12.4. The van der Waals surface area contributed by atoms with Crippen molar-refractivity contribution in [2.45, 2.75) is 12.0 Å². The molecule has 2 rings (SSSR count). The van der Waals surface area contributed by atoms with Crippen LogP contribution in [0.1, 0.15) is 16.8 Å². The summed E-state index contributed by atoms with van der Waals surface area (Å²) in [5.74, 6) is 0.471. The SMILES string of the molecule is COc1cc(C(=O)NC2(C(=O)O)CCSC2)cc(OC)c1Br. The Hall–Kier alpha value is -1.41. The van der Waals surface area contributed by atoms with Gasteiger partial charge in [0.1, 0.15) is 21.5 Å². The Morgan fingerprint density at radius 1 is 1.32 bits per heavy atom. The molecular formula is C14H16BrNO5S. The van der Waals surface area contributed by atoms with Crippen molar-refractivity contribution in [3.63, 3.8) is 0 Å². The number of carbonyl (C=O) groups excluding carboxylic acids is 1. The fourth-order valence-corrected chi connectivity index (χ4v) is 4.05. The Kier molecular flexibility index (Phi) is 5.23. The van der Waals surface area contributed by atoms with E-state index in [1.807, 2.05) is 0 Å². The molecule has 1 saturated heterocycles. The third-order valence-electron chi connectivity index (χ3n) is 3.49. The number of nitrogens with one attached hydrogen (secondary N) is 1. The van der Waals surface area contributed by atoms with Crippen LogP contribution in [0.2, 0.25) is 0 Å².